The van der Waals surface area contributed by atoms with E-state index in [1.807, 2.05) is 25.1 Å². The fourth-order valence-corrected chi connectivity index (χ4v) is 2.62. The number of nitrogens with one attached hydrogen (secondary N) is 1. The molecule has 0 spiro atoms. The number of benzene rings is 1. The minimum Gasteiger partial charge on any atom is -0.378 e. The van der Waals surface area contributed by atoms with Gasteiger partial charge in [0.2, 0.25) is 5.91 Å². The molecule has 1 aliphatic rings. The van der Waals surface area contributed by atoms with Crippen LogP contribution >= 0.6 is 15.9 Å². The molecule has 1 aliphatic heterocycles. The zero-order chi connectivity index (χ0) is 15.2. The maximum absolute atomic E-state index is 12.0. The summed E-state index contributed by atoms with van der Waals surface area (Å²) in [6.07, 6.45) is 1.12. The van der Waals surface area contributed by atoms with Gasteiger partial charge in [-0.1, -0.05) is 15.9 Å². The molecule has 1 unspecified atom stereocenters. The Morgan fingerprint density at radius 1 is 1.48 bits per heavy atom. The first-order chi connectivity index (χ1) is 10.1. The quantitative estimate of drug-likeness (QED) is 0.850. The van der Waals surface area contributed by atoms with Crippen LogP contribution in [0.3, 0.4) is 0 Å². The molecule has 6 heteroatoms. The molecule has 1 amide bonds. The largest absolute Gasteiger partial charge is 0.378 e. The predicted octanol–water partition coefficient (Wildman–Crippen LogP) is 2.35. The van der Waals surface area contributed by atoms with Crippen LogP contribution < -0.4 is 16.0 Å². The Kier molecular flexibility index (Phi) is 6.02. The van der Waals surface area contributed by atoms with Gasteiger partial charge in [-0.15, -0.1) is 0 Å². The smallest absolute Gasteiger partial charge is 0.224 e. The van der Waals surface area contributed by atoms with Gasteiger partial charge in [0.05, 0.1) is 24.6 Å². The maximum Gasteiger partial charge on any atom is 0.224 e. The SMILES string of the molecule is CC(N)CCC(=O)Nc1cc(Br)ccc1N1CCOCC1. The van der Waals surface area contributed by atoms with E-state index in [1.165, 1.54) is 0 Å². The second-order valence-corrected chi connectivity index (χ2v) is 6.24. The average molecular weight is 356 g/mol. The van der Waals surface area contributed by atoms with Crippen LogP contribution in [0.5, 0.6) is 0 Å². The Labute approximate surface area is 134 Å². The summed E-state index contributed by atoms with van der Waals surface area (Å²) in [5, 5.41) is 3.00. The van der Waals surface area contributed by atoms with Crippen molar-refractivity contribution in [1.29, 1.82) is 0 Å². The van der Waals surface area contributed by atoms with E-state index in [0.717, 1.165) is 28.9 Å². The molecule has 1 aromatic rings. The highest BCUT2D eigenvalue weighted by Crippen LogP contribution is 2.30. The average Bonchev–Trinajstić information content (AvgIpc) is 2.46. The zero-order valence-corrected chi connectivity index (χ0v) is 13.9. The van der Waals surface area contributed by atoms with Crippen molar-refractivity contribution in [2.24, 2.45) is 5.73 Å². The summed E-state index contributed by atoms with van der Waals surface area (Å²) in [7, 11) is 0. The number of carbonyl (C=O) groups excluding carboxylic acids is 1. The van der Waals surface area contributed by atoms with Crippen molar-refractivity contribution >= 4 is 33.2 Å². The van der Waals surface area contributed by atoms with E-state index in [2.05, 4.69) is 26.1 Å². The molecule has 0 aromatic heterocycles. The first-order valence-electron chi connectivity index (χ1n) is 7.24. The predicted molar refractivity (Wildman–Crippen MR) is 88.7 cm³/mol. The molecule has 5 nitrogen and oxygen atoms in total. The Bertz CT molecular complexity index is 488. The topological polar surface area (TPSA) is 67.6 Å². The summed E-state index contributed by atoms with van der Waals surface area (Å²) in [5.41, 5.74) is 7.57. The van der Waals surface area contributed by atoms with Gasteiger partial charge in [-0.05, 0) is 31.5 Å². The van der Waals surface area contributed by atoms with Gasteiger partial charge in [-0.3, -0.25) is 4.79 Å². The van der Waals surface area contributed by atoms with Gasteiger partial charge >= 0.3 is 0 Å². The number of nitrogens with zero attached hydrogens (tertiary/aromatic N) is 1. The summed E-state index contributed by atoms with van der Waals surface area (Å²) < 4.78 is 6.32. The van der Waals surface area contributed by atoms with Crippen LogP contribution in [0.1, 0.15) is 19.8 Å². The lowest BCUT2D eigenvalue weighted by Gasteiger charge is -2.30. The van der Waals surface area contributed by atoms with Gasteiger partial charge in [0, 0.05) is 30.0 Å². The van der Waals surface area contributed by atoms with Gasteiger partial charge in [0.15, 0.2) is 0 Å². The van der Waals surface area contributed by atoms with Crippen LogP contribution in [0.4, 0.5) is 11.4 Å². The molecule has 1 saturated heterocycles. The van der Waals surface area contributed by atoms with Crippen LogP contribution in [0.15, 0.2) is 22.7 Å². The Morgan fingerprint density at radius 2 is 2.19 bits per heavy atom. The highest BCUT2D eigenvalue weighted by atomic mass is 79.9. The summed E-state index contributed by atoms with van der Waals surface area (Å²) in [4.78, 5) is 14.3. The summed E-state index contributed by atoms with van der Waals surface area (Å²) in [5.74, 6) is -0.0000839. The Morgan fingerprint density at radius 3 is 2.86 bits per heavy atom. The molecule has 1 atom stereocenters. The summed E-state index contributed by atoms with van der Waals surface area (Å²) in [6.45, 7) is 5.02. The first kappa shape index (κ1) is 16.3. The summed E-state index contributed by atoms with van der Waals surface area (Å²) in [6, 6.07) is 5.99. The van der Waals surface area contributed by atoms with Crippen molar-refractivity contribution < 1.29 is 9.53 Å². The van der Waals surface area contributed by atoms with E-state index in [4.69, 9.17) is 10.5 Å². The third kappa shape index (κ3) is 4.98. The highest BCUT2D eigenvalue weighted by Gasteiger charge is 2.16. The van der Waals surface area contributed by atoms with Crippen molar-refractivity contribution in [3.63, 3.8) is 0 Å². The molecule has 1 aromatic carbocycles. The fraction of sp³-hybridized carbons (Fsp3) is 0.533. The lowest BCUT2D eigenvalue weighted by Crippen LogP contribution is -2.36. The van der Waals surface area contributed by atoms with E-state index < -0.39 is 0 Å². The number of hydrogen-bond donors (Lipinski definition) is 2. The van der Waals surface area contributed by atoms with Crippen molar-refractivity contribution in [1.82, 2.24) is 0 Å². The minimum absolute atomic E-state index is 0.0000839. The standard InChI is InChI=1S/C15H22BrN3O2/c1-11(17)2-5-15(20)18-13-10-12(16)3-4-14(13)19-6-8-21-9-7-19/h3-4,10-11H,2,5-9,17H2,1H3,(H,18,20). The van der Waals surface area contributed by atoms with E-state index in [-0.39, 0.29) is 11.9 Å². The second-order valence-electron chi connectivity index (χ2n) is 5.33. The first-order valence-corrected chi connectivity index (χ1v) is 8.03. The molecule has 2 rings (SSSR count). The van der Waals surface area contributed by atoms with Gasteiger partial charge in [-0.2, -0.15) is 0 Å². The molecule has 1 fully saturated rings. The van der Waals surface area contributed by atoms with Crippen LogP contribution in [-0.4, -0.2) is 38.3 Å². The molecular formula is C15H22BrN3O2. The molecular weight excluding hydrogens is 334 g/mol. The summed E-state index contributed by atoms with van der Waals surface area (Å²) >= 11 is 3.46. The number of carbonyl (C=O) groups is 1. The van der Waals surface area contributed by atoms with Crippen molar-refractivity contribution in [2.45, 2.75) is 25.8 Å². The van der Waals surface area contributed by atoms with Crippen LogP contribution in [0.25, 0.3) is 0 Å². The van der Waals surface area contributed by atoms with Gasteiger partial charge < -0.3 is 20.7 Å². The molecule has 116 valence electrons. The fourth-order valence-electron chi connectivity index (χ4n) is 2.26. The van der Waals surface area contributed by atoms with E-state index in [0.29, 0.717) is 26.1 Å². The lowest BCUT2D eigenvalue weighted by atomic mass is 10.1. The van der Waals surface area contributed by atoms with E-state index >= 15 is 0 Å². The Balaban J connectivity index is 2.09. The Hall–Kier alpha value is -1.11. The van der Waals surface area contributed by atoms with Crippen LogP contribution in [0.2, 0.25) is 0 Å². The number of anilines is 2. The molecule has 3 N–H and O–H groups in total. The van der Waals surface area contributed by atoms with Crippen molar-refractivity contribution in [3.05, 3.63) is 22.7 Å². The number of rotatable bonds is 5. The molecule has 0 saturated carbocycles. The van der Waals surface area contributed by atoms with E-state index in [9.17, 15) is 4.79 Å². The maximum atomic E-state index is 12.0. The monoisotopic (exact) mass is 355 g/mol. The molecule has 21 heavy (non-hydrogen) atoms. The van der Waals surface area contributed by atoms with Crippen LogP contribution in [0, 0.1) is 0 Å². The molecule has 0 radical (unpaired) electrons. The number of amides is 1. The number of nitrogens with two attached hydrogens (primary N) is 1. The number of morpholine rings is 1. The van der Waals surface area contributed by atoms with Gasteiger partial charge in [-0.25, -0.2) is 0 Å². The minimum atomic E-state index is -0.0000839. The van der Waals surface area contributed by atoms with Gasteiger partial charge in [0.25, 0.3) is 0 Å². The van der Waals surface area contributed by atoms with Gasteiger partial charge in [0.1, 0.15) is 0 Å². The number of ether oxygens (including phenoxy) is 1. The molecule has 0 aliphatic carbocycles. The molecule has 1 heterocycles. The third-order valence-electron chi connectivity index (χ3n) is 3.41. The normalized spacial score (nSPS) is 16.6. The van der Waals surface area contributed by atoms with Crippen molar-refractivity contribution in [2.75, 3.05) is 36.5 Å². The lowest BCUT2D eigenvalue weighted by molar-refractivity contribution is -0.116. The zero-order valence-electron chi connectivity index (χ0n) is 12.3. The second kappa shape index (κ2) is 7.77. The number of hydrogen-bond acceptors (Lipinski definition) is 4. The van der Waals surface area contributed by atoms with Crippen molar-refractivity contribution in [3.8, 4) is 0 Å². The highest BCUT2D eigenvalue weighted by molar-refractivity contribution is 9.10. The third-order valence-corrected chi connectivity index (χ3v) is 3.90. The molecule has 0 bridgehead atoms. The van der Waals surface area contributed by atoms with Crippen LogP contribution in [-0.2, 0) is 9.53 Å². The van der Waals surface area contributed by atoms with E-state index in [1.54, 1.807) is 0 Å². The number of halogens is 1.